The van der Waals surface area contributed by atoms with E-state index in [4.69, 9.17) is 5.73 Å². The van der Waals surface area contributed by atoms with Crippen molar-refractivity contribution in [3.8, 4) is 0 Å². The van der Waals surface area contributed by atoms with E-state index in [1.165, 1.54) is 17.4 Å². The largest absolute Gasteiger partial charge is 0.343 e. The molecule has 22 heavy (non-hydrogen) atoms. The second kappa shape index (κ2) is 5.59. The van der Waals surface area contributed by atoms with Crippen LogP contribution in [0.25, 0.3) is 10.1 Å². The Balaban J connectivity index is 1.92. The van der Waals surface area contributed by atoms with Crippen LogP contribution in [0.1, 0.15) is 36.8 Å². The summed E-state index contributed by atoms with van der Waals surface area (Å²) in [5, 5.41) is 2.84. The molecule has 0 radical (unpaired) electrons. The first-order valence-electron chi connectivity index (χ1n) is 7.30. The molecule has 0 unspecified atom stereocenters. The van der Waals surface area contributed by atoms with Gasteiger partial charge in [-0.1, -0.05) is 18.2 Å². The van der Waals surface area contributed by atoms with Gasteiger partial charge in [0.15, 0.2) is 0 Å². The Morgan fingerprint density at radius 2 is 2.05 bits per heavy atom. The number of benzene rings is 1. The predicted octanol–water partition coefficient (Wildman–Crippen LogP) is 3.64. The van der Waals surface area contributed by atoms with Crippen molar-refractivity contribution in [1.29, 1.82) is 0 Å². The average molecular weight is 324 g/mol. The van der Waals surface area contributed by atoms with Gasteiger partial charge in [-0.3, -0.25) is 10.5 Å². The van der Waals surface area contributed by atoms with Gasteiger partial charge in [0.2, 0.25) is 5.91 Å². The molecule has 2 aromatic rings. The van der Waals surface area contributed by atoms with Gasteiger partial charge < -0.3 is 4.90 Å². The third-order valence-corrected chi connectivity index (χ3v) is 5.42. The zero-order valence-electron chi connectivity index (χ0n) is 12.3. The monoisotopic (exact) mass is 324 g/mol. The van der Waals surface area contributed by atoms with E-state index in [0.717, 1.165) is 36.9 Å². The van der Waals surface area contributed by atoms with Gasteiger partial charge >= 0.3 is 6.05 Å². The number of hydrogen-bond donors (Lipinski definition) is 1. The van der Waals surface area contributed by atoms with Crippen molar-refractivity contribution < 1.29 is 13.6 Å². The minimum absolute atomic E-state index is 0.0960. The number of rotatable bonds is 2. The van der Waals surface area contributed by atoms with Gasteiger partial charge in [0, 0.05) is 24.7 Å². The van der Waals surface area contributed by atoms with Gasteiger partial charge in [0.1, 0.15) is 0 Å². The third kappa shape index (κ3) is 2.73. The van der Waals surface area contributed by atoms with Crippen molar-refractivity contribution in [2.45, 2.75) is 31.7 Å². The van der Waals surface area contributed by atoms with E-state index in [-0.39, 0.29) is 11.5 Å². The molecule has 0 bridgehead atoms. The molecule has 3 nitrogen and oxygen atoms in total. The highest BCUT2D eigenvalue weighted by molar-refractivity contribution is 7.17. The first kappa shape index (κ1) is 15.4. The second-order valence-electron chi connectivity index (χ2n) is 5.78. The third-order valence-electron chi connectivity index (χ3n) is 4.37. The van der Waals surface area contributed by atoms with Crippen LogP contribution in [-0.2, 0) is 10.8 Å². The first-order chi connectivity index (χ1) is 10.4. The zero-order chi connectivity index (χ0) is 15.9. The van der Waals surface area contributed by atoms with Crippen LogP contribution < -0.4 is 5.73 Å². The van der Waals surface area contributed by atoms with Crippen LogP contribution >= 0.6 is 11.3 Å². The van der Waals surface area contributed by atoms with Crippen molar-refractivity contribution in [3.63, 3.8) is 0 Å². The maximum atomic E-state index is 13.5. The zero-order valence-corrected chi connectivity index (χ0v) is 13.1. The molecular formula is C16H18F2N2OS. The summed E-state index contributed by atoms with van der Waals surface area (Å²) in [6, 6.07) is 1.59. The van der Waals surface area contributed by atoms with E-state index < -0.39 is 6.05 Å². The van der Waals surface area contributed by atoms with E-state index in [1.54, 1.807) is 13.0 Å². The smallest absolute Gasteiger partial charge is 0.328 e. The van der Waals surface area contributed by atoms with Crippen molar-refractivity contribution in [2.75, 3.05) is 13.1 Å². The molecule has 0 aliphatic carbocycles. The van der Waals surface area contributed by atoms with Crippen molar-refractivity contribution in [1.82, 2.24) is 4.90 Å². The Bertz CT molecular complexity index is 700. The number of fused-ring (bicyclic) bond motifs is 1. The lowest BCUT2D eigenvalue weighted by molar-refractivity contribution is -0.129. The highest BCUT2D eigenvalue weighted by Crippen LogP contribution is 2.40. The highest BCUT2D eigenvalue weighted by atomic mass is 32.1. The number of likely N-dealkylation sites (tertiary alicyclic amines) is 1. The van der Waals surface area contributed by atoms with E-state index in [2.05, 4.69) is 0 Å². The fraction of sp³-hybridized carbons (Fsp3) is 0.438. The number of nitrogens with zero attached hydrogens (tertiary/aromatic N) is 1. The molecule has 1 aromatic heterocycles. The molecular weight excluding hydrogens is 306 g/mol. The summed E-state index contributed by atoms with van der Waals surface area (Å²) in [6.07, 6.45) is 1.74. The van der Waals surface area contributed by atoms with E-state index in [0.29, 0.717) is 10.6 Å². The SMILES string of the molecule is CC(=O)N1CCC(c2csc3c(C(N)(F)F)cccc23)CC1. The van der Waals surface area contributed by atoms with Gasteiger partial charge in [0.25, 0.3) is 0 Å². The molecule has 1 aliphatic rings. The number of hydrogen-bond acceptors (Lipinski definition) is 3. The van der Waals surface area contributed by atoms with Crippen LogP contribution in [0.5, 0.6) is 0 Å². The van der Waals surface area contributed by atoms with Gasteiger partial charge in [-0.25, -0.2) is 0 Å². The number of piperidine rings is 1. The fourth-order valence-corrected chi connectivity index (χ4v) is 4.37. The molecule has 2 N–H and O–H groups in total. The summed E-state index contributed by atoms with van der Waals surface area (Å²) in [7, 11) is 0. The average Bonchev–Trinajstić information content (AvgIpc) is 2.90. The van der Waals surface area contributed by atoms with Gasteiger partial charge in [-0.2, -0.15) is 8.78 Å². The van der Waals surface area contributed by atoms with Crippen molar-refractivity contribution in [2.24, 2.45) is 5.73 Å². The number of thiophene rings is 1. The number of carbonyl (C=O) groups excluding carboxylic acids is 1. The maximum Gasteiger partial charge on any atom is 0.328 e. The predicted molar refractivity (Wildman–Crippen MR) is 84.1 cm³/mol. The topological polar surface area (TPSA) is 46.3 Å². The molecule has 0 spiro atoms. The Morgan fingerprint density at radius 1 is 1.36 bits per heavy atom. The minimum Gasteiger partial charge on any atom is -0.343 e. The van der Waals surface area contributed by atoms with Gasteiger partial charge in [-0.15, -0.1) is 11.3 Å². The molecule has 0 atom stereocenters. The first-order valence-corrected chi connectivity index (χ1v) is 8.18. The van der Waals surface area contributed by atoms with Gasteiger partial charge in [-0.05, 0) is 35.1 Å². The van der Waals surface area contributed by atoms with Crippen LogP contribution in [-0.4, -0.2) is 23.9 Å². The molecule has 3 rings (SSSR count). The summed E-state index contributed by atoms with van der Waals surface area (Å²) < 4.78 is 27.6. The molecule has 2 heterocycles. The van der Waals surface area contributed by atoms with Gasteiger partial charge in [0.05, 0.1) is 5.56 Å². The Labute approximate surface area is 131 Å². The summed E-state index contributed by atoms with van der Waals surface area (Å²) in [5.41, 5.74) is 5.99. The molecule has 1 saturated heterocycles. The van der Waals surface area contributed by atoms with E-state index in [9.17, 15) is 13.6 Å². The Morgan fingerprint density at radius 3 is 2.64 bits per heavy atom. The summed E-state index contributed by atoms with van der Waals surface area (Å²) in [4.78, 5) is 13.2. The maximum absolute atomic E-state index is 13.5. The number of nitrogens with two attached hydrogens (primary N) is 1. The lowest BCUT2D eigenvalue weighted by Gasteiger charge is -2.31. The van der Waals surface area contributed by atoms with Crippen molar-refractivity contribution in [3.05, 3.63) is 34.7 Å². The standard InChI is InChI=1S/C16H18F2N2OS/c1-10(21)20-7-5-11(6-8-20)13-9-22-15-12(13)3-2-4-14(15)16(17,18)19/h2-4,9,11H,5-8,19H2,1H3. The molecule has 1 aliphatic heterocycles. The summed E-state index contributed by atoms with van der Waals surface area (Å²) in [6.45, 7) is 3.03. The lowest BCUT2D eigenvalue weighted by Crippen LogP contribution is -2.36. The van der Waals surface area contributed by atoms with Crippen LogP contribution in [0.2, 0.25) is 0 Å². The van der Waals surface area contributed by atoms with Crippen LogP contribution in [0, 0.1) is 0 Å². The second-order valence-corrected chi connectivity index (χ2v) is 6.66. The lowest BCUT2D eigenvalue weighted by atomic mass is 9.89. The number of carbonyl (C=O) groups is 1. The van der Waals surface area contributed by atoms with E-state index in [1.807, 2.05) is 16.3 Å². The quantitative estimate of drug-likeness (QED) is 0.857. The fourth-order valence-electron chi connectivity index (χ4n) is 3.16. The van der Waals surface area contributed by atoms with Crippen LogP contribution in [0.4, 0.5) is 8.78 Å². The summed E-state index contributed by atoms with van der Waals surface area (Å²) in [5.74, 6) is 0.407. The Kier molecular flexibility index (Phi) is 3.91. The molecule has 6 heteroatoms. The van der Waals surface area contributed by atoms with Crippen molar-refractivity contribution >= 4 is 27.3 Å². The molecule has 118 valence electrons. The Hall–Kier alpha value is -1.53. The molecule has 1 aromatic carbocycles. The molecule has 0 saturated carbocycles. The normalized spacial score (nSPS) is 17.2. The number of alkyl halides is 2. The molecule has 1 fully saturated rings. The highest BCUT2D eigenvalue weighted by Gasteiger charge is 2.30. The minimum atomic E-state index is -3.32. The number of halogens is 2. The van der Waals surface area contributed by atoms with Crippen LogP contribution in [0.15, 0.2) is 23.6 Å². The summed E-state index contributed by atoms with van der Waals surface area (Å²) >= 11 is 1.33. The van der Waals surface area contributed by atoms with E-state index >= 15 is 0 Å². The van der Waals surface area contributed by atoms with Crippen LogP contribution in [0.3, 0.4) is 0 Å². The number of amides is 1. The molecule has 1 amide bonds.